The molecule has 124 valence electrons. The number of benzene rings is 2. The van der Waals surface area contributed by atoms with E-state index in [1.807, 2.05) is 36.4 Å². The van der Waals surface area contributed by atoms with Crippen LogP contribution >= 0.6 is 0 Å². The van der Waals surface area contributed by atoms with Crippen LogP contribution in [-0.2, 0) is 4.79 Å². The largest absolute Gasteiger partial charge is 0.497 e. The molecule has 0 unspecified atom stereocenters. The van der Waals surface area contributed by atoms with Crippen molar-refractivity contribution in [3.63, 3.8) is 0 Å². The highest BCUT2D eigenvalue weighted by Crippen LogP contribution is 2.40. The molecule has 0 saturated heterocycles. The molecule has 1 aliphatic rings. The fourth-order valence-corrected chi connectivity index (χ4v) is 3.02. The number of carbonyl (C=O) groups is 1. The van der Waals surface area contributed by atoms with Crippen LogP contribution in [0.1, 0.15) is 24.0 Å². The van der Waals surface area contributed by atoms with E-state index in [0.29, 0.717) is 17.9 Å². The Kier molecular flexibility index (Phi) is 4.56. The molecule has 0 aliphatic heterocycles. The van der Waals surface area contributed by atoms with E-state index in [0.717, 1.165) is 34.4 Å². The molecule has 0 saturated carbocycles. The van der Waals surface area contributed by atoms with Crippen molar-refractivity contribution in [2.75, 3.05) is 21.3 Å². The van der Waals surface area contributed by atoms with Crippen LogP contribution in [0.15, 0.2) is 42.5 Å². The molecule has 4 heteroatoms. The number of methoxy groups -OCH3 is 3. The maximum Gasteiger partial charge on any atom is 0.164 e. The number of rotatable bonds is 5. The molecule has 0 heterocycles. The number of hydrogen-bond acceptors (Lipinski definition) is 4. The SMILES string of the molecule is COc1ccc(C2=C(c3cc(OC)cc(OC)c3)C(=O)CC2)cc1. The summed E-state index contributed by atoms with van der Waals surface area (Å²) >= 11 is 0. The molecular formula is C20H20O4. The van der Waals surface area contributed by atoms with Crippen molar-refractivity contribution in [1.82, 2.24) is 0 Å². The van der Waals surface area contributed by atoms with Gasteiger partial charge in [-0.1, -0.05) is 12.1 Å². The first-order valence-corrected chi connectivity index (χ1v) is 7.80. The average molecular weight is 324 g/mol. The predicted molar refractivity (Wildman–Crippen MR) is 93.6 cm³/mol. The molecule has 0 N–H and O–H groups in total. The minimum absolute atomic E-state index is 0.149. The topological polar surface area (TPSA) is 44.8 Å². The summed E-state index contributed by atoms with van der Waals surface area (Å²) in [7, 11) is 4.85. The van der Waals surface area contributed by atoms with Gasteiger partial charge in [0.25, 0.3) is 0 Å². The molecule has 0 aromatic heterocycles. The first-order valence-electron chi connectivity index (χ1n) is 7.80. The van der Waals surface area contributed by atoms with Crippen LogP contribution in [0.4, 0.5) is 0 Å². The van der Waals surface area contributed by atoms with E-state index in [-0.39, 0.29) is 5.78 Å². The molecule has 0 spiro atoms. The number of carbonyl (C=O) groups excluding carboxylic acids is 1. The first-order chi connectivity index (χ1) is 11.7. The molecular weight excluding hydrogens is 304 g/mol. The van der Waals surface area contributed by atoms with Crippen LogP contribution in [0.3, 0.4) is 0 Å². The van der Waals surface area contributed by atoms with Crippen molar-refractivity contribution in [2.45, 2.75) is 12.8 Å². The van der Waals surface area contributed by atoms with Crippen LogP contribution in [0.25, 0.3) is 11.1 Å². The van der Waals surface area contributed by atoms with E-state index in [1.165, 1.54) is 0 Å². The van der Waals surface area contributed by atoms with E-state index < -0.39 is 0 Å². The van der Waals surface area contributed by atoms with Gasteiger partial charge in [0.2, 0.25) is 0 Å². The molecule has 24 heavy (non-hydrogen) atoms. The van der Waals surface area contributed by atoms with Gasteiger partial charge in [-0.25, -0.2) is 0 Å². The summed E-state index contributed by atoms with van der Waals surface area (Å²) < 4.78 is 15.9. The third-order valence-corrected chi connectivity index (χ3v) is 4.26. The molecule has 4 nitrogen and oxygen atoms in total. The van der Waals surface area contributed by atoms with Crippen LogP contribution in [0, 0.1) is 0 Å². The highest BCUT2D eigenvalue weighted by Gasteiger charge is 2.26. The van der Waals surface area contributed by atoms with Gasteiger partial charge in [-0.2, -0.15) is 0 Å². The summed E-state index contributed by atoms with van der Waals surface area (Å²) in [5.74, 6) is 2.29. The quantitative estimate of drug-likeness (QED) is 0.834. The summed E-state index contributed by atoms with van der Waals surface area (Å²) in [6.45, 7) is 0. The molecule has 3 rings (SSSR count). The summed E-state index contributed by atoms with van der Waals surface area (Å²) in [6.07, 6.45) is 1.26. The maximum absolute atomic E-state index is 12.5. The van der Waals surface area contributed by atoms with Crippen LogP contribution in [-0.4, -0.2) is 27.1 Å². The second-order valence-corrected chi connectivity index (χ2v) is 5.61. The number of Topliss-reactive ketones (excluding diaryl/α,β-unsaturated/α-hetero) is 1. The first kappa shape index (κ1) is 16.1. The van der Waals surface area contributed by atoms with Gasteiger partial charge in [0.1, 0.15) is 17.2 Å². The molecule has 0 bridgehead atoms. The Bertz CT molecular complexity index is 766. The Labute approximate surface area is 141 Å². The van der Waals surface area contributed by atoms with E-state index in [1.54, 1.807) is 27.4 Å². The lowest BCUT2D eigenvalue weighted by molar-refractivity contribution is -0.113. The van der Waals surface area contributed by atoms with Gasteiger partial charge >= 0.3 is 0 Å². The van der Waals surface area contributed by atoms with Gasteiger partial charge in [-0.3, -0.25) is 4.79 Å². The smallest absolute Gasteiger partial charge is 0.164 e. The lowest BCUT2D eigenvalue weighted by atomic mass is 9.96. The maximum atomic E-state index is 12.5. The summed E-state index contributed by atoms with van der Waals surface area (Å²) in [6, 6.07) is 13.4. The second-order valence-electron chi connectivity index (χ2n) is 5.61. The summed E-state index contributed by atoms with van der Waals surface area (Å²) in [5, 5.41) is 0. The number of ether oxygens (including phenoxy) is 3. The van der Waals surface area contributed by atoms with Crippen molar-refractivity contribution in [2.24, 2.45) is 0 Å². The summed E-state index contributed by atoms with van der Waals surface area (Å²) in [4.78, 5) is 12.5. The van der Waals surface area contributed by atoms with Gasteiger partial charge in [0, 0.05) is 18.1 Å². The van der Waals surface area contributed by atoms with Gasteiger partial charge in [0.05, 0.1) is 21.3 Å². The van der Waals surface area contributed by atoms with Crippen LogP contribution < -0.4 is 14.2 Å². The number of hydrogen-bond donors (Lipinski definition) is 0. The van der Waals surface area contributed by atoms with Crippen LogP contribution in [0.2, 0.25) is 0 Å². The van der Waals surface area contributed by atoms with Crippen LogP contribution in [0.5, 0.6) is 17.2 Å². The lowest BCUT2D eigenvalue weighted by Gasteiger charge is -2.11. The average Bonchev–Trinajstić information content (AvgIpc) is 3.02. The predicted octanol–water partition coefficient (Wildman–Crippen LogP) is 3.99. The van der Waals surface area contributed by atoms with E-state index in [4.69, 9.17) is 14.2 Å². The van der Waals surface area contributed by atoms with Crippen molar-refractivity contribution >= 4 is 16.9 Å². The van der Waals surface area contributed by atoms with Crippen molar-refractivity contribution in [3.8, 4) is 17.2 Å². The van der Waals surface area contributed by atoms with E-state index in [9.17, 15) is 4.79 Å². The Balaban J connectivity index is 2.12. The molecule has 0 amide bonds. The second kappa shape index (κ2) is 6.79. The van der Waals surface area contributed by atoms with Gasteiger partial charge in [-0.15, -0.1) is 0 Å². The zero-order chi connectivity index (χ0) is 17.1. The monoisotopic (exact) mass is 324 g/mol. The Morgan fingerprint density at radius 2 is 1.29 bits per heavy atom. The number of ketones is 1. The highest BCUT2D eigenvalue weighted by atomic mass is 16.5. The molecule has 1 aliphatic carbocycles. The molecule has 0 atom stereocenters. The zero-order valence-corrected chi connectivity index (χ0v) is 14.1. The Hall–Kier alpha value is -2.75. The Morgan fingerprint density at radius 3 is 1.83 bits per heavy atom. The zero-order valence-electron chi connectivity index (χ0n) is 14.1. The van der Waals surface area contributed by atoms with Crippen molar-refractivity contribution in [1.29, 1.82) is 0 Å². The van der Waals surface area contributed by atoms with Gasteiger partial charge < -0.3 is 14.2 Å². The molecule has 2 aromatic rings. The third kappa shape index (κ3) is 3.00. The highest BCUT2D eigenvalue weighted by molar-refractivity contribution is 6.31. The van der Waals surface area contributed by atoms with Gasteiger partial charge in [0.15, 0.2) is 5.78 Å². The molecule has 2 aromatic carbocycles. The lowest BCUT2D eigenvalue weighted by Crippen LogP contribution is -1.98. The summed E-state index contributed by atoms with van der Waals surface area (Å²) in [5.41, 5.74) is 3.67. The fraction of sp³-hybridized carbons (Fsp3) is 0.250. The third-order valence-electron chi connectivity index (χ3n) is 4.26. The minimum atomic E-state index is 0.149. The van der Waals surface area contributed by atoms with E-state index >= 15 is 0 Å². The molecule has 0 radical (unpaired) electrons. The number of allylic oxidation sites excluding steroid dienone is 2. The van der Waals surface area contributed by atoms with Gasteiger partial charge in [-0.05, 0) is 47.4 Å². The fourth-order valence-electron chi connectivity index (χ4n) is 3.02. The normalized spacial score (nSPS) is 14.0. The minimum Gasteiger partial charge on any atom is -0.497 e. The van der Waals surface area contributed by atoms with Crippen molar-refractivity contribution < 1.29 is 19.0 Å². The Morgan fingerprint density at radius 1 is 0.708 bits per heavy atom. The molecule has 0 fully saturated rings. The van der Waals surface area contributed by atoms with Crippen molar-refractivity contribution in [3.05, 3.63) is 53.6 Å². The standard InChI is InChI=1S/C20H20O4/c1-22-15-6-4-13(5-7-15)18-8-9-19(21)20(18)14-10-16(23-2)12-17(11-14)24-3/h4-7,10-12H,8-9H2,1-3H3. The van der Waals surface area contributed by atoms with E-state index in [2.05, 4.69) is 0 Å².